The molecule has 1 aromatic heterocycles. The molecule has 22 heavy (non-hydrogen) atoms. The first-order valence-corrected chi connectivity index (χ1v) is 7.13. The molecular weight excluding hydrogens is 272 g/mol. The number of nitrogens with one attached hydrogen (secondary N) is 1. The van der Waals surface area contributed by atoms with Crippen LogP contribution in [-0.2, 0) is 4.79 Å². The number of pyridine rings is 1. The number of hydrogen-bond donors (Lipinski definition) is 1. The van der Waals surface area contributed by atoms with Gasteiger partial charge in [0, 0.05) is 17.2 Å². The van der Waals surface area contributed by atoms with Crippen LogP contribution in [0.4, 0.5) is 5.69 Å². The summed E-state index contributed by atoms with van der Waals surface area (Å²) in [5.41, 5.74) is 3.53. The molecular formula is C19H16N2O. The van der Waals surface area contributed by atoms with Crippen LogP contribution in [-0.4, -0.2) is 10.9 Å². The highest BCUT2D eigenvalue weighted by atomic mass is 16.1. The minimum Gasteiger partial charge on any atom is -0.322 e. The predicted octanol–water partition coefficient (Wildman–Crippen LogP) is 4.20. The molecule has 0 saturated carbocycles. The van der Waals surface area contributed by atoms with E-state index >= 15 is 0 Å². The summed E-state index contributed by atoms with van der Waals surface area (Å²) in [6, 6.07) is 19.4. The van der Waals surface area contributed by atoms with Crippen LogP contribution in [0.3, 0.4) is 0 Å². The van der Waals surface area contributed by atoms with Gasteiger partial charge < -0.3 is 5.32 Å². The Balaban J connectivity index is 1.84. The van der Waals surface area contributed by atoms with Gasteiger partial charge in [0.15, 0.2) is 0 Å². The Bertz CT molecular complexity index is 838. The van der Waals surface area contributed by atoms with E-state index in [4.69, 9.17) is 0 Å². The van der Waals surface area contributed by atoms with E-state index in [-0.39, 0.29) is 5.91 Å². The summed E-state index contributed by atoms with van der Waals surface area (Å²) in [6.07, 6.45) is 3.34. The number of fused-ring (bicyclic) bond motifs is 1. The number of anilines is 1. The maximum atomic E-state index is 12.1. The van der Waals surface area contributed by atoms with Crippen molar-refractivity contribution in [1.29, 1.82) is 0 Å². The fourth-order valence-electron chi connectivity index (χ4n) is 2.32. The van der Waals surface area contributed by atoms with E-state index in [1.54, 1.807) is 12.2 Å². The fourth-order valence-corrected chi connectivity index (χ4v) is 2.32. The van der Waals surface area contributed by atoms with E-state index in [1.807, 2.05) is 67.6 Å². The number of amides is 1. The lowest BCUT2D eigenvalue weighted by molar-refractivity contribution is -0.111. The van der Waals surface area contributed by atoms with Gasteiger partial charge in [0.2, 0.25) is 5.91 Å². The first-order valence-electron chi connectivity index (χ1n) is 7.13. The highest BCUT2D eigenvalue weighted by molar-refractivity contribution is 6.07. The third kappa shape index (κ3) is 3.20. The minimum atomic E-state index is -0.153. The molecule has 0 atom stereocenters. The molecule has 0 unspecified atom stereocenters. The van der Waals surface area contributed by atoms with Crippen molar-refractivity contribution < 1.29 is 4.79 Å². The van der Waals surface area contributed by atoms with Crippen molar-refractivity contribution in [3.63, 3.8) is 0 Å². The zero-order chi connectivity index (χ0) is 15.4. The molecule has 0 bridgehead atoms. The number of para-hydroxylation sites is 1. The molecule has 3 rings (SSSR count). The van der Waals surface area contributed by atoms with Crippen molar-refractivity contribution in [3.8, 4) is 0 Å². The van der Waals surface area contributed by atoms with Crippen LogP contribution < -0.4 is 5.32 Å². The Morgan fingerprint density at radius 2 is 1.77 bits per heavy atom. The monoisotopic (exact) mass is 288 g/mol. The smallest absolute Gasteiger partial charge is 0.248 e. The molecule has 0 fully saturated rings. The summed E-state index contributed by atoms with van der Waals surface area (Å²) in [5, 5.41) is 3.87. The second-order valence-electron chi connectivity index (χ2n) is 5.06. The van der Waals surface area contributed by atoms with E-state index in [2.05, 4.69) is 10.3 Å². The molecule has 3 nitrogen and oxygen atoms in total. The van der Waals surface area contributed by atoms with Gasteiger partial charge in [-0.1, -0.05) is 48.5 Å². The standard InChI is InChI=1S/C19H16N2O/c1-14-13-18(16-9-5-6-10-17(16)20-14)21-19(22)12-11-15-7-3-2-4-8-15/h2-13H,1H3,(H,20,21,22). The zero-order valence-corrected chi connectivity index (χ0v) is 12.3. The summed E-state index contributed by atoms with van der Waals surface area (Å²) in [7, 11) is 0. The van der Waals surface area contributed by atoms with Crippen LogP contribution in [0.25, 0.3) is 17.0 Å². The molecule has 3 heteroatoms. The molecule has 0 radical (unpaired) electrons. The van der Waals surface area contributed by atoms with Crippen molar-refractivity contribution in [2.75, 3.05) is 5.32 Å². The lowest BCUT2D eigenvalue weighted by Crippen LogP contribution is -2.08. The molecule has 0 aliphatic rings. The first kappa shape index (κ1) is 14.0. The third-order valence-electron chi connectivity index (χ3n) is 3.33. The molecule has 0 aliphatic heterocycles. The Labute approximate surface area is 129 Å². The van der Waals surface area contributed by atoms with Gasteiger partial charge in [-0.25, -0.2) is 0 Å². The Morgan fingerprint density at radius 1 is 1.05 bits per heavy atom. The van der Waals surface area contributed by atoms with E-state index in [1.165, 1.54) is 0 Å². The summed E-state index contributed by atoms with van der Waals surface area (Å²) < 4.78 is 0. The SMILES string of the molecule is Cc1cc(NC(=O)C=Cc2ccccc2)c2ccccc2n1. The minimum absolute atomic E-state index is 0.153. The third-order valence-corrected chi connectivity index (χ3v) is 3.33. The summed E-state index contributed by atoms with van der Waals surface area (Å²) >= 11 is 0. The zero-order valence-electron chi connectivity index (χ0n) is 12.3. The Morgan fingerprint density at radius 3 is 2.59 bits per heavy atom. The number of carbonyl (C=O) groups is 1. The molecule has 1 heterocycles. The number of benzene rings is 2. The van der Waals surface area contributed by atoms with Gasteiger partial charge in [-0.05, 0) is 30.7 Å². The highest BCUT2D eigenvalue weighted by Gasteiger charge is 2.05. The number of aryl methyl sites for hydroxylation is 1. The van der Waals surface area contributed by atoms with Gasteiger partial charge in [0.05, 0.1) is 11.2 Å². The number of aromatic nitrogens is 1. The van der Waals surface area contributed by atoms with Crippen LogP contribution in [0.15, 0.2) is 66.7 Å². The molecule has 0 saturated heterocycles. The van der Waals surface area contributed by atoms with Gasteiger partial charge in [-0.3, -0.25) is 9.78 Å². The molecule has 2 aromatic carbocycles. The van der Waals surface area contributed by atoms with Gasteiger partial charge in [0.25, 0.3) is 0 Å². The number of carbonyl (C=O) groups excluding carboxylic acids is 1. The van der Waals surface area contributed by atoms with Crippen molar-refractivity contribution >= 4 is 28.6 Å². The van der Waals surface area contributed by atoms with Crippen LogP contribution in [0.2, 0.25) is 0 Å². The maximum Gasteiger partial charge on any atom is 0.248 e. The topological polar surface area (TPSA) is 42.0 Å². The average molecular weight is 288 g/mol. The second kappa shape index (κ2) is 6.22. The Kier molecular flexibility index (Phi) is 3.97. The largest absolute Gasteiger partial charge is 0.322 e. The molecule has 0 aliphatic carbocycles. The lowest BCUT2D eigenvalue weighted by atomic mass is 10.1. The summed E-state index contributed by atoms with van der Waals surface area (Å²) in [4.78, 5) is 16.6. The summed E-state index contributed by atoms with van der Waals surface area (Å²) in [5.74, 6) is -0.153. The van der Waals surface area contributed by atoms with Crippen molar-refractivity contribution in [2.24, 2.45) is 0 Å². The normalized spacial score (nSPS) is 11.0. The first-order chi connectivity index (χ1) is 10.7. The van der Waals surface area contributed by atoms with Gasteiger partial charge in [-0.15, -0.1) is 0 Å². The van der Waals surface area contributed by atoms with Gasteiger partial charge in [-0.2, -0.15) is 0 Å². The molecule has 108 valence electrons. The van der Waals surface area contributed by atoms with Crippen molar-refractivity contribution in [1.82, 2.24) is 4.98 Å². The van der Waals surface area contributed by atoms with Crippen molar-refractivity contribution in [2.45, 2.75) is 6.92 Å². The average Bonchev–Trinajstić information content (AvgIpc) is 2.54. The number of nitrogens with zero attached hydrogens (tertiary/aromatic N) is 1. The van der Waals surface area contributed by atoms with Gasteiger partial charge in [0.1, 0.15) is 0 Å². The Hall–Kier alpha value is -2.94. The molecule has 1 N–H and O–H groups in total. The second-order valence-corrected chi connectivity index (χ2v) is 5.06. The van der Waals surface area contributed by atoms with E-state index < -0.39 is 0 Å². The van der Waals surface area contributed by atoms with Crippen LogP contribution in [0.1, 0.15) is 11.3 Å². The maximum absolute atomic E-state index is 12.1. The van der Waals surface area contributed by atoms with E-state index in [9.17, 15) is 4.79 Å². The molecule has 3 aromatic rings. The number of hydrogen-bond acceptors (Lipinski definition) is 2. The van der Waals surface area contributed by atoms with Gasteiger partial charge >= 0.3 is 0 Å². The van der Waals surface area contributed by atoms with Crippen LogP contribution in [0, 0.1) is 6.92 Å². The van der Waals surface area contributed by atoms with Crippen LogP contribution >= 0.6 is 0 Å². The van der Waals surface area contributed by atoms with E-state index in [0.29, 0.717) is 0 Å². The highest BCUT2D eigenvalue weighted by Crippen LogP contribution is 2.22. The predicted molar refractivity (Wildman–Crippen MR) is 90.6 cm³/mol. The van der Waals surface area contributed by atoms with E-state index in [0.717, 1.165) is 27.8 Å². The number of rotatable bonds is 3. The lowest BCUT2D eigenvalue weighted by Gasteiger charge is -2.08. The quantitative estimate of drug-likeness (QED) is 0.734. The fraction of sp³-hybridized carbons (Fsp3) is 0.0526. The van der Waals surface area contributed by atoms with Crippen molar-refractivity contribution in [3.05, 3.63) is 78.0 Å². The molecule has 1 amide bonds. The van der Waals surface area contributed by atoms with Crippen LogP contribution in [0.5, 0.6) is 0 Å². The molecule has 0 spiro atoms. The summed E-state index contributed by atoms with van der Waals surface area (Å²) in [6.45, 7) is 1.92.